The predicted molar refractivity (Wildman–Crippen MR) is 38.2 cm³/mol. The first-order chi connectivity index (χ1) is 3.79. The smallest absolute Gasteiger partial charge is 0.0123 e. The molecular weight excluding hydrogens is 116 g/mol. The minimum Gasteiger partial charge on any atom is -0.175 e. The van der Waals surface area contributed by atoms with E-state index >= 15 is 0 Å². The van der Waals surface area contributed by atoms with E-state index in [0.29, 0.717) is 5.25 Å². The predicted octanol–water partition coefficient (Wildman–Crippen LogP) is 2.02. The third-order valence-electron chi connectivity index (χ3n) is 2.26. The molecule has 0 heterocycles. The molecule has 44 valence electrons. The third kappa shape index (κ3) is 0.482. The van der Waals surface area contributed by atoms with E-state index in [0.717, 1.165) is 5.92 Å². The second kappa shape index (κ2) is 1.32. The maximum Gasteiger partial charge on any atom is 0.0123 e. The van der Waals surface area contributed by atoms with E-state index < -0.39 is 0 Å². The number of fused-ring (bicyclic) bond motifs is 1. The van der Waals surface area contributed by atoms with Gasteiger partial charge in [-0.05, 0) is 25.7 Å². The zero-order chi connectivity index (χ0) is 5.72. The highest BCUT2D eigenvalue weighted by molar-refractivity contribution is 7.81. The molecule has 1 fully saturated rings. The molecule has 2 atom stereocenters. The van der Waals surface area contributed by atoms with E-state index in [2.05, 4.69) is 19.6 Å². The standard InChI is InChI=1S/C7H10S/c1-4-2-7(8)6-3-5(4)6/h6-8H,2-3H2,1H3/t6?,7-/m0/s1. The van der Waals surface area contributed by atoms with Gasteiger partial charge < -0.3 is 0 Å². The quantitative estimate of drug-likeness (QED) is 0.372. The zero-order valence-electron chi connectivity index (χ0n) is 5.02. The van der Waals surface area contributed by atoms with Crippen LogP contribution in [0, 0.1) is 5.92 Å². The molecule has 0 nitrogen and oxygen atoms in total. The number of thiol groups is 1. The summed E-state index contributed by atoms with van der Waals surface area (Å²) in [6.07, 6.45) is 2.61. The van der Waals surface area contributed by atoms with Crippen molar-refractivity contribution in [1.82, 2.24) is 0 Å². The van der Waals surface area contributed by atoms with Crippen LogP contribution in [0.1, 0.15) is 19.8 Å². The minimum atomic E-state index is 0.685. The fraction of sp³-hybridized carbons (Fsp3) is 0.714. The Morgan fingerprint density at radius 3 is 2.38 bits per heavy atom. The summed E-state index contributed by atoms with van der Waals surface area (Å²) in [5.74, 6) is 0.901. The first kappa shape index (κ1) is 4.92. The Balaban J connectivity index is 2.27. The molecule has 2 aliphatic rings. The van der Waals surface area contributed by atoms with E-state index in [1.54, 1.807) is 11.1 Å². The van der Waals surface area contributed by atoms with Crippen molar-refractivity contribution in [3.05, 3.63) is 11.1 Å². The number of hydrogen-bond donors (Lipinski definition) is 1. The first-order valence-electron chi connectivity index (χ1n) is 3.15. The van der Waals surface area contributed by atoms with Crippen LogP contribution in [-0.4, -0.2) is 5.25 Å². The Bertz CT molecular complexity index is 158. The first-order valence-corrected chi connectivity index (χ1v) is 3.67. The lowest BCUT2D eigenvalue weighted by atomic mass is 10.2. The van der Waals surface area contributed by atoms with Crippen LogP contribution in [0.2, 0.25) is 0 Å². The van der Waals surface area contributed by atoms with Gasteiger partial charge in [0.2, 0.25) is 0 Å². The lowest BCUT2D eigenvalue weighted by Gasteiger charge is -2.00. The lowest BCUT2D eigenvalue weighted by molar-refractivity contribution is 0.803. The van der Waals surface area contributed by atoms with Crippen molar-refractivity contribution >= 4 is 12.6 Å². The van der Waals surface area contributed by atoms with Gasteiger partial charge in [-0.15, -0.1) is 0 Å². The van der Waals surface area contributed by atoms with Gasteiger partial charge in [0.1, 0.15) is 0 Å². The maximum absolute atomic E-state index is 4.45. The molecule has 0 aromatic heterocycles. The monoisotopic (exact) mass is 126 g/mol. The summed E-state index contributed by atoms with van der Waals surface area (Å²) >= 11 is 4.45. The average Bonchev–Trinajstić information content (AvgIpc) is 2.35. The van der Waals surface area contributed by atoms with E-state index in [1.807, 2.05) is 0 Å². The van der Waals surface area contributed by atoms with Crippen molar-refractivity contribution in [1.29, 1.82) is 0 Å². The molecule has 8 heavy (non-hydrogen) atoms. The molecule has 0 bridgehead atoms. The van der Waals surface area contributed by atoms with Crippen molar-refractivity contribution in [3.8, 4) is 0 Å². The number of hydrogen-bond acceptors (Lipinski definition) is 1. The molecule has 2 aliphatic carbocycles. The normalized spacial score (nSPS) is 42.8. The fourth-order valence-corrected chi connectivity index (χ4v) is 2.18. The summed E-state index contributed by atoms with van der Waals surface area (Å²) < 4.78 is 0. The van der Waals surface area contributed by atoms with Crippen molar-refractivity contribution < 1.29 is 0 Å². The molecule has 1 heteroatoms. The van der Waals surface area contributed by atoms with Gasteiger partial charge in [-0.1, -0.05) is 11.1 Å². The van der Waals surface area contributed by atoms with Crippen molar-refractivity contribution in [2.75, 3.05) is 0 Å². The summed E-state index contributed by atoms with van der Waals surface area (Å²) in [4.78, 5) is 0. The van der Waals surface area contributed by atoms with Crippen molar-refractivity contribution in [3.63, 3.8) is 0 Å². The molecule has 0 aromatic carbocycles. The molecule has 0 aliphatic heterocycles. The molecule has 0 saturated heterocycles. The molecule has 0 spiro atoms. The van der Waals surface area contributed by atoms with Gasteiger partial charge in [0.05, 0.1) is 0 Å². The molecule has 0 radical (unpaired) electrons. The second-order valence-electron chi connectivity index (χ2n) is 2.89. The van der Waals surface area contributed by atoms with E-state index in [1.165, 1.54) is 12.8 Å². The van der Waals surface area contributed by atoms with E-state index in [9.17, 15) is 0 Å². The van der Waals surface area contributed by atoms with Gasteiger partial charge in [0, 0.05) is 5.25 Å². The molecule has 0 amide bonds. The fourth-order valence-electron chi connectivity index (χ4n) is 1.62. The number of rotatable bonds is 0. The maximum atomic E-state index is 4.45. The summed E-state index contributed by atoms with van der Waals surface area (Å²) in [6, 6.07) is 0. The Hall–Kier alpha value is 0.0900. The van der Waals surface area contributed by atoms with Crippen molar-refractivity contribution in [2.24, 2.45) is 5.92 Å². The Kier molecular flexibility index (Phi) is 0.815. The number of allylic oxidation sites excluding steroid dienone is 2. The SMILES string of the molecule is CC1=C2CC2[C@@H](S)C1. The third-order valence-corrected chi connectivity index (χ3v) is 2.80. The molecule has 1 unspecified atom stereocenters. The Labute approximate surface area is 55.4 Å². The topological polar surface area (TPSA) is 0 Å². The van der Waals surface area contributed by atoms with Gasteiger partial charge in [0.15, 0.2) is 0 Å². The van der Waals surface area contributed by atoms with Crippen LogP contribution in [0.4, 0.5) is 0 Å². The van der Waals surface area contributed by atoms with Gasteiger partial charge in [-0.25, -0.2) is 0 Å². The Morgan fingerprint density at radius 2 is 2.25 bits per heavy atom. The Morgan fingerprint density at radius 1 is 1.50 bits per heavy atom. The van der Waals surface area contributed by atoms with E-state index in [4.69, 9.17) is 0 Å². The van der Waals surface area contributed by atoms with Crippen LogP contribution in [0.5, 0.6) is 0 Å². The highest BCUT2D eigenvalue weighted by atomic mass is 32.1. The van der Waals surface area contributed by atoms with Crippen LogP contribution >= 0.6 is 12.6 Å². The van der Waals surface area contributed by atoms with Gasteiger partial charge >= 0.3 is 0 Å². The highest BCUT2D eigenvalue weighted by Crippen LogP contribution is 2.52. The van der Waals surface area contributed by atoms with Crippen LogP contribution in [-0.2, 0) is 0 Å². The van der Waals surface area contributed by atoms with Gasteiger partial charge in [-0.2, -0.15) is 12.6 Å². The van der Waals surface area contributed by atoms with Gasteiger partial charge in [0.25, 0.3) is 0 Å². The molecule has 0 N–H and O–H groups in total. The molecule has 1 saturated carbocycles. The van der Waals surface area contributed by atoms with Crippen molar-refractivity contribution in [2.45, 2.75) is 25.0 Å². The minimum absolute atomic E-state index is 0.685. The zero-order valence-corrected chi connectivity index (χ0v) is 5.91. The summed E-state index contributed by atoms with van der Waals surface area (Å²) in [7, 11) is 0. The molecule has 0 aromatic rings. The second-order valence-corrected chi connectivity index (χ2v) is 3.55. The summed E-state index contributed by atoms with van der Waals surface area (Å²) in [5, 5.41) is 0.685. The highest BCUT2D eigenvalue weighted by Gasteiger charge is 2.41. The van der Waals surface area contributed by atoms with E-state index in [-0.39, 0.29) is 0 Å². The molecular formula is C7H10S. The summed E-state index contributed by atoms with van der Waals surface area (Å²) in [5.41, 5.74) is 3.33. The van der Waals surface area contributed by atoms with Crippen LogP contribution in [0.25, 0.3) is 0 Å². The van der Waals surface area contributed by atoms with Crippen LogP contribution < -0.4 is 0 Å². The average molecular weight is 126 g/mol. The molecule has 2 rings (SSSR count). The largest absolute Gasteiger partial charge is 0.175 e. The van der Waals surface area contributed by atoms with Crippen LogP contribution in [0.3, 0.4) is 0 Å². The van der Waals surface area contributed by atoms with Gasteiger partial charge in [-0.3, -0.25) is 0 Å². The lowest BCUT2D eigenvalue weighted by Crippen LogP contribution is -1.95. The summed E-state index contributed by atoms with van der Waals surface area (Å²) in [6.45, 7) is 2.24. The van der Waals surface area contributed by atoms with Crippen LogP contribution in [0.15, 0.2) is 11.1 Å².